The number of carbonyl (C=O) groups is 1. The predicted octanol–water partition coefficient (Wildman–Crippen LogP) is 2.10. The molecule has 0 unspecified atom stereocenters. The Morgan fingerprint density at radius 2 is 2.07 bits per heavy atom. The molecule has 1 aromatic heterocycles. The van der Waals surface area contributed by atoms with E-state index >= 15 is 0 Å². The number of rotatable bonds is 7. The molecule has 0 aliphatic carbocycles. The minimum Gasteiger partial charge on any atom is -0.489 e. The Morgan fingerprint density at radius 1 is 1.30 bits per heavy atom. The van der Waals surface area contributed by atoms with E-state index < -0.39 is 0 Å². The van der Waals surface area contributed by atoms with E-state index in [1.807, 2.05) is 36.7 Å². The molecule has 2 aromatic rings. The number of hydrogen-bond donors (Lipinski definition) is 2. The molecule has 1 aliphatic heterocycles. The molecule has 2 N–H and O–H groups in total. The Kier molecular flexibility index (Phi) is 6.41. The second-order valence-electron chi connectivity index (χ2n) is 6.74. The van der Waals surface area contributed by atoms with Gasteiger partial charge in [0.2, 0.25) is 0 Å². The molecule has 0 saturated carbocycles. The predicted molar refractivity (Wildman–Crippen MR) is 102 cm³/mol. The smallest absolute Gasteiger partial charge is 0.278 e. The summed E-state index contributed by atoms with van der Waals surface area (Å²) in [5.74, 6) is 0.330. The van der Waals surface area contributed by atoms with Crippen molar-refractivity contribution in [3.8, 4) is 5.75 Å². The largest absolute Gasteiger partial charge is 0.489 e. The van der Waals surface area contributed by atoms with Gasteiger partial charge in [-0.25, -0.2) is 4.68 Å². The Balaban J connectivity index is 1.75. The number of nitrogens with zero attached hydrogens (tertiary/aromatic N) is 3. The van der Waals surface area contributed by atoms with E-state index in [1.54, 1.807) is 7.11 Å². The molecule has 0 radical (unpaired) electrons. The summed E-state index contributed by atoms with van der Waals surface area (Å²) in [6.45, 7) is 6.67. The number of carbonyl (C=O) groups excluding carboxylic acids is 1. The normalized spacial score (nSPS) is 14.9. The van der Waals surface area contributed by atoms with Gasteiger partial charge in [0.05, 0.1) is 24.0 Å². The van der Waals surface area contributed by atoms with Crippen LogP contribution in [0.25, 0.3) is 0 Å². The van der Waals surface area contributed by atoms with Crippen molar-refractivity contribution in [1.29, 1.82) is 0 Å². The lowest BCUT2D eigenvalue weighted by atomic mass is 10.1. The van der Waals surface area contributed by atoms with Gasteiger partial charge in [-0.3, -0.25) is 4.79 Å². The van der Waals surface area contributed by atoms with Crippen molar-refractivity contribution >= 4 is 11.6 Å². The van der Waals surface area contributed by atoms with Crippen LogP contribution in [0.15, 0.2) is 18.2 Å². The van der Waals surface area contributed by atoms with Gasteiger partial charge < -0.3 is 20.1 Å². The minimum absolute atomic E-state index is 0.284. The Bertz CT molecular complexity index is 784. The molecule has 1 fully saturated rings. The molecule has 2 heterocycles. The summed E-state index contributed by atoms with van der Waals surface area (Å²) in [5, 5.41) is 14.6. The van der Waals surface area contributed by atoms with E-state index in [-0.39, 0.29) is 11.9 Å². The molecule has 3 rings (SSSR count). The first-order chi connectivity index (χ1) is 13.1. The molecule has 1 amide bonds. The summed E-state index contributed by atoms with van der Waals surface area (Å²) >= 11 is 0. The van der Waals surface area contributed by atoms with Gasteiger partial charge in [-0.15, -0.1) is 5.10 Å². The van der Waals surface area contributed by atoms with Gasteiger partial charge >= 0.3 is 0 Å². The van der Waals surface area contributed by atoms with E-state index in [0.717, 1.165) is 37.2 Å². The SMILES string of the molecule is COCCOc1cc(C)ccc1NC(=O)c1nnn(C2CCNCC2)c1C. The molecule has 1 saturated heterocycles. The Hall–Kier alpha value is -2.45. The number of aryl methyl sites for hydroxylation is 1. The zero-order valence-electron chi connectivity index (χ0n) is 16.1. The number of ether oxygens (including phenoxy) is 2. The number of anilines is 1. The number of hydrogen-bond acceptors (Lipinski definition) is 6. The molecule has 27 heavy (non-hydrogen) atoms. The van der Waals surface area contributed by atoms with Gasteiger partial charge in [0, 0.05) is 7.11 Å². The first-order valence-electron chi connectivity index (χ1n) is 9.26. The lowest BCUT2D eigenvalue weighted by Gasteiger charge is -2.23. The van der Waals surface area contributed by atoms with Crippen LogP contribution in [0.3, 0.4) is 0 Å². The molecular formula is C19H27N5O3. The fourth-order valence-corrected chi connectivity index (χ4v) is 3.22. The van der Waals surface area contributed by atoms with Gasteiger partial charge in [0.1, 0.15) is 12.4 Å². The summed E-state index contributed by atoms with van der Waals surface area (Å²) in [5.41, 5.74) is 2.79. The summed E-state index contributed by atoms with van der Waals surface area (Å²) in [7, 11) is 1.62. The molecule has 146 valence electrons. The average molecular weight is 373 g/mol. The molecule has 0 atom stereocenters. The second-order valence-corrected chi connectivity index (χ2v) is 6.74. The molecule has 8 heteroatoms. The van der Waals surface area contributed by atoms with Crippen LogP contribution in [0.1, 0.15) is 40.6 Å². The van der Waals surface area contributed by atoms with Crippen LogP contribution in [-0.4, -0.2) is 54.3 Å². The number of aromatic nitrogens is 3. The van der Waals surface area contributed by atoms with E-state index in [9.17, 15) is 4.79 Å². The monoisotopic (exact) mass is 373 g/mol. The zero-order chi connectivity index (χ0) is 19.2. The van der Waals surface area contributed by atoms with Crippen molar-refractivity contribution in [3.05, 3.63) is 35.2 Å². The number of piperidine rings is 1. The third kappa shape index (κ3) is 4.64. The Morgan fingerprint density at radius 3 is 2.81 bits per heavy atom. The van der Waals surface area contributed by atoms with Crippen LogP contribution in [0.5, 0.6) is 5.75 Å². The molecular weight excluding hydrogens is 346 g/mol. The van der Waals surface area contributed by atoms with Gasteiger partial charge in [-0.1, -0.05) is 11.3 Å². The van der Waals surface area contributed by atoms with Gasteiger partial charge in [0.25, 0.3) is 5.91 Å². The number of benzene rings is 1. The van der Waals surface area contributed by atoms with Crippen molar-refractivity contribution in [1.82, 2.24) is 20.3 Å². The first kappa shape index (κ1) is 19.3. The number of methoxy groups -OCH3 is 1. The highest BCUT2D eigenvalue weighted by Crippen LogP contribution is 2.27. The summed E-state index contributed by atoms with van der Waals surface area (Å²) in [6.07, 6.45) is 1.97. The van der Waals surface area contributed by atoms with E-state index in [0.29, 0.717) is 30.3 Å². The van der Waals surface area contributed by atoms with Crippen molar-refractivity contribution < 1.29 is 14.3 Å². The molecule has 0 bridgehead atoms. The first-order valence-corrected chi connectivity index (χ1v) is 9.26. The third-order valence-electron chi connectivity index (χ3n) is 4.73. The van der Waals surface area contributed by atoms with Crippen LogP contribution < -0.4 is 15.4 Å². The molecule has 0 spiro atoms. The van der Waals surface area contributed by atoms with Crippen LogP contribution in [0.2, 0.25) is 0 Å². The topological polar surface area (TPSA) is 90.3 Å². The van der Waals surface area contributed by atoms with Crippen LogP contribution >= 0.6 is 0 Å². The quantitative estimate of drug-likeness (QED) is 0.723. The third-order valence-corrected chi connectivity index (χ3v) is 4.73. The fourth-order valence-electron chi connectivity index (χ4n) is 3.22. The molecule has 8 nitrogen and oxygen atoms in total. The summed E-state index contributed by atoms with van der Waals surface area (Å²) < 4.78 is 12.6. The van der Waals surface area contributed by atoms with E-state index in [2.05, 4.69) is 20.9 Å². The highest BCUT2D eigenvalue weighted by atomic mass is 16.5. The molecule has 1 aliphatic rings. The Labute approximate surface area is 159 Å². The van der Waals surface area contributed by atoms with Gasteiger partial charge in [-0.05, 0) is 57.5 Å². The highest BCUT2D eigenvalue weighted by Gasteiger charge is 2.23. The maximum atomic E-state index is 12.8. The minimum atomic E-state index is -0.284. The average Bonchev–Trinajstić information content (AvgIpc) is 3.06. The van der Waals surface area contributed by atoms with E-state index in [1.165, 1.54) is 0 Å². The lowest BCUT2D eigenvalue weighted by molar-refractivity contribution is 0.102. The van der Waals surface area contributed by atoms with Gasteiger partial charge in [0.15, 0.2) is 5.69 Å². The standard InChI is InChI=1S/C19H27N5O3/c1-13-4-5-16(17(12-13)27-11-10-26-3)21-19(25)18-14(2)24(23-22-18)15-6-8-20-9-7-15/h4-5,12,15,20H,6-11H2,1-3H3,(H,21,25). The fraction of sp³-hybridized carbons (Fsp3) is 0.526. The van der Waals surface area contributed by atoms with E-state index in [4.69, 9.17) is 9.47 Å². The van der Waals surface area contributed by atoms with Crippen LogP contribution in [-0.2, 0) is 4.74 Å². The number of nitrogens with one attached hydrogen (secondary N) is 2. The zero-order valence-corrected chi connectivity index (χ0v) is 16.1. The lowest BCUT2D eigenvalue weighted by Crippen LogP contribution is -2.30. The van der Waals surface area contributed by atoms with Gasteiger partial charge in [-0.2, -0.15) is 0 Å². The van der Waals surface area contributed by atoms with Crippen molar-refractivity contribution in [2.75, 3.05) is 38.7 Å². The second kappa shape index (κ2) is 8.96. The van der Waals surface area contributed by atoms with Crippen molar-refractivity contribution in [2.45, 2.75) is 32.7 Å². The summed E-state index contributed by atoms with van der Waals surface area (Å²) in [4.78, 5) is 12.8. The van der Waals surface area contributed by atoms with Crippen molar-refractivity contribution in [3.63, 3.8) is 0 Å². The number of amides is 1. The maximum Gasteiger partial charge on any atom is 0.278 e. The summed E-state index contributed by atoms with van der Waals surface area (Å²) in [6, 6.07) is 5.94. The molecule has 1 aromatic carbocycles. The maximum absolute atomic E-state index is 12.8. The van der Waals surface area contributed by atoms with Crippen LogP contribution in [0.4, 0.5) is 5.69 Å². The van der Waals surface area contributed by atoms with Crippen LogP contribution in [0, 0.1) is 13.8 Å². The van der Waals surface area contributed by atoms with Crippen molar-refractivity contribution in [2.24, 2.45) is 0 Å². The highest BCUT2D eigenvalue weighted by molar-refractivity contribution is 6.04.